The molecule has 0 bridgehead atoms. The Bertz CT molecular complexity index is 560. The highest BCUT2D eigenvalue weighted by molar-refractivity contribution is 9.10. The molecule has 106 valence electrons. The van der Waals surface area contributed by atoms with Crippen molar-refractivity contribution in [3.8, 4) is 0 Å². The number of halogens is 1. The summed E-state index contributed by atoms with van der Waals surface area (Å²) in [5, 5.41) is 13.6. The summed E-state index contributed by atoms with van der Waals surface area (Å²) in [7, 11) is -2.97. The number of sulfone groups is 1. The minimum Gasteiger partial charge on any atom is -0.312 e. The van der Waals surface area contributed by atoms with Gasteiger partial charge in [0.15, 0.2) is 9.84 Å². The summed E-state index contributed by atoms with van der Waals surface area (Å²) in [6.45, 7) is 2.43. The molecule has 0 saturated heterocycles. The lowest BCUT2D eigenvalue weighted by molar-refractivity contribution is -0.384. The van der Waals surface area contributed by atoms with Crippen LogP contribution in [0.25, 0.3) is 0 Å². The van der Waals surface area contributed by atoms with Gasteiger partial charge in [-0.15, -0.1) is 0 Å². The van der Waals surface area contributed by atoms with E-state index in [-0.39, 0.29) is 17.2 Å². The predicted molar refractivity (Wildman–Crippen MR) is 76.8 cm³/mol. The highest BCUT2D eigenvalue weighted by atomic mass is 79.9. The van der Waals surface area contributed by atoms with E-state index in [4.69, 9.17) is 0 Å². The summed E-state index contributed by atoms with van der Waals surface area (Å²) in [6.07, 6.45) is 0. The van der Waals surface area contributed by atoms with Crippen molar-refractivity contribution in [1.29, 1.82) is 0 Å². The van der Waals surface area contributed by atoms with Crippen molar-refractivity contribution < 1.29 is 13.3 Å². The molecule has 0 aliphatic rings. The average molecular weight is 351 g/mol. The Hall–Kier alpha value is -0.990. The Morgan fingerprint density at radius 3 is 2.63 bits per heavy atom. The molecule has 0 aliphatic heterocycles. The Balaban J connectivity index is 2.53. The maximum Gasteiger partial charge on any atom is 0.270 e. The van der Waals surface area contributed by atoms with Gasteiger partial charge in [0, 0.05) is 35.4 Å². The second-order valence-corrected chi connectivity index (χ2v) is 7.27. The molecule has 1 N–H and O–H groups in total. The number of nitro groups is 1. The molecule has 1 rings (SSSR count). The molecular formula is C11H15BrN2O4S. The molecule has 1 aromatic rings. The van der Waals surface area contributed by atoms with Crippen LogP contribution >= 0.6 is 15.9 Å². The minimum absolute atomic E-state index is 0.0178. The number of benzene rings is 1. The fourth-order valence-corrected chi connectivity index (χ4v) is 2.64. The van der Waals surface area contributed by atoms with Gasteiger partial charge in [0.05, 0.1) is 10.7 Å². The molecule has 0 amide bonds. The maximum absolute atomic E-state index is 11.3. The molecule has 0 fully saturated rings. The Morgan fingerprint density at radius 1 is 1.42 bits per heavy atom. The predicted octanol–water partition coefficient (Wildman–Crippen LogP) is 1.88. The average Bonchev–Trinajstić information content (AvgIpc) is 2.36. The van der Waals surface area contributed by atoms with E-state index in [1.165, 1.54) is 12.1 Å². The second kappa shape index (κ2) is 6.97. The molecule has 19 heavy (non-hydrogen) atoms. The van der Waals surface area contributed by atoms with Gasteiger partial charge in [0.2, 0.25) is 0 Å². The van der Waals surface area contributed by atoms with E-state index in [2.05, 4.69) is 21.2 Å². The molecule has 0 spiro atoms. The number of non-ortho nitro benzene ring substituents is 1. The van der Waals surface area contributed by atoms with E-state index in [9.17, 15) is 18.5 Å². The molecule has 0 aromatic heterocycles. The third-order valence-corrected chi connectivity index (χ3v) is 5.04. The second-order valence-electron chi connectivity index (χ2n) is 3.95. The summed E-state index contributed by atoms with van der Waals surface area (Å²) in [4.78, 5) is 10.1. The van der Waals surface area contributed by atoms with E-state index in [0.717, 1.165) is 5.56 Å². The summed E-state index contributed by atoms with van der Waals surface area (Å²) < 4.78 is 23.2. The van der Waals surface area contributed by atoms with Crippen molar-refractivity contribution >= 4 is 31.5 Å². The van der Waals surface area contributed by atoms with Crippen molar-refractivity contribution in [2.45, 2.75) is 13.5 Å². The molecule has 1 aromatic carbocycles. The van der Waals surface area contributed by atoms with Crippen molar-refractivity contribution in [1.82, 2.24) is 5.32 Å². The van der Waals surface area contributed by atoms with Crippen LogP contribution in [0.5, 0.6) is 0 Å². The van der Waals surface area contributed by atoms with Crippen LogP contribution in [0.1, 0.15) is 12.5 Å². The Kier molecular flexibility index (Phi) is 5.89. The van der Waals surface area contributed by atoms with Crippen LogP contribution in [0.15, 0.2) is 22.7 Å². The van der Waals surface area contributed by atoms with Crippen LogP contribution in [0.4, 0.5) is 5.69 Å². The Labute approximate surface area is 120 Å². The molecule has 6 nitrogen and oxygen atoms in total. The SMILES string of the molecule is CCS(=O)(=O)CCNCc1ccc([N+](=O)[O-])cc1Br. The van der Waals surface area contributed by atoms with Gasteiger partial charge in [0.25, 0.3) is 5.69 Å². The first-order valence-corrected chi connectivity index (χ1v) is 8.31. The van der Waals surface area contributed by atoms with Crippen LogP contribution in [-0.4, -0.2) is 31.4 Å². The first kappa shape index (κ1) is 16.1. The first-order valence-electron chi connectivity index (χ1n) is 5.69. The number of rotatable bonds is 7. The van der Waals surface area contributed by atoms with Crippen molar-refractivity contribution in [3.63, 3.8) is 0 Å². The van der Waals surface area contributed by atoms with Crippen LogP contribution in [0.2, 0.25) is 0 Å². The van der Waals surface area contributed by atoms with Gasteiger partial charge in [-0.1, -0.05) is 22.9 Å². The van der Waals surface area contributed by atoms with Crippen LogP contribution in [0, 0.1) is 10.1 Å². The normalized spacial score (nSPS) is 11.5. The molecule has 0 saturated carbocycles. The molecule has 0 atom stereocenters. The standard InChI is InChI=1S/C11H15BrN2O4S/c1-2-19(17,18)6-5-13-8-9-3-4-10(14(15)16)7-11(9)12/h3-4,7,13H,2,5-6,8H2,1H3. The summed E-state index contributed by atoms with van der Waals surface area (Å²) in [6, 6.07) is 4.49. The molecule has 0 aliphatic carbocycles. The van der Waals surface area contributed by atoms with Crippen molar-refractivity contribution in [3.05, 3.63) is 38.3 Å². The van der Waals surface area contributed by atoms with E-state index >= 15 is 0 Å². The summed E-state index contributed by atoms with van der Waals surface area (Å²) in [5.74, 6) is 0.226. The molecule has 0 radical (unpaired) electrons. The third-order valence-electron chi connectivity index (χ3n) is 2.59. The number of nitrogens with zero attached hydrogens (tertiary/aromatic N) is 1. The number of nitro benzene ring substituents is 1. The highest BCUT2D eigenvalue weighted by Crippen LogP contribution is 2.22. The zero-order valence-corrected chi connectivity index (χ0v) is 12.8. The first-order chi connectivity index (χ1) is 8.85. The lowest BCUT2D eigenvalue weighted by Crippen LogP contribution is -2.23. The topological polar surface area (TPSA) is 89.3 Å². The monoisotopic (exact) mass is 350 g/mol. The van der Waals surface area contributed by atoms with Gasteiger partial charge in [-0.25, -0.2) is 8.42 Å². The zero-order chi connectivity index (χ0) is 14.5. The molecular weight excluding hydrogens is 336 g/mol. The van der Waals surface area contributed by atoms with Crippen LogP contribution in [0.3, 0.4) is 0 Å². The van der Waals surface area contributed by atoms with Gasteiger partial charge in [-0.3, -0.25) is 10.1 Å². The fraction of sp³-hybridized carbons (Fsp3) is 0.455. The number of hydrogen-bond donors (Lipinski definition) is 1. The van der Waals surface area contributed by atoms with E-state index in [0.29, 0.717) is 17.6 Å². The zero-order valence-electron chi connectivity index (χ0n) is 10.4. The molecule has 8 heteroatoms. The number of nitrogens with one attached hydrogen (secondary N) is 1. The fourth-order valence-electron chi connectivity index (χ4n) is 1.39. The van der Waals surface area contributed by atoms with Crippen molar-refractivity contribution in [2.75, 3.05) is 18.1 Å². The molecule has 0 heterocycles. The van der Waals surface area contributed by atoms with Crippen LogP contribution < -0.4 is 5.32 Å². The summed E-state index contributed by atoms with van der Waals surface area (Å²) in [5.41, 5.74) is 0.865. The largest absolute Gasteiger partial charge is 0.312 e. The summed E-state index contributed by atoms with van der Waals surface area (Å²) >= 11 is 3.26. The maximum atomic E-state index is 11.3. The van der Waals surface area contributed by atoms with Crippen molar-refractivity contribution in [2.24, 2.45) is 0 Å². The van der Waals surface area contributed by atoms with Gasteiger partial charge in [0.1, 0.15) is 0 Å². The molecule has 0 unspecified atom stereocenters. The number of hydrogen-bond acceptors (Lipinski definition) is 5. The smallest absolute Gasteiger partial charge is 0.270 e. The van der Waals surface area contributed by atoms with E-state index in [1.54, 1.807) is 13.0 Å². The lowest BCUT2D eigenvalue weighted by Gasteiger charge is -2.07. The van der Waals surface area contributed by atoms with Gasteiger partial charge >= 0.3 is 0 Å². The minimum atomic E-state index is -2.97. The van der Waals surface area contributed by atoms with Gasteiger partial charge in [-0.05, 0) is 11.6 Å². The third kappa shape index (κ3) is 5.25. The van der Waals surface area contributed by atoms with Crippen LogP contribution in [-0.2, 0) is 16.4 Å². The lowest BCUT2D eigenvalue weighted by atomic mass is 10.2. The quantitative estimate of drug-likeness (QED) is 0.460. The highest BCUT2D eigenvalue weighted by Gasteiger charge is 2.10. The Morgan fingerprint density at radius 2 is 2.11 bits per heavy atom. The van der Waals surface area contributed by atoms with E-state index in [1.807, 2.05) is 0 Å². The van der Waals surface area contributed by atoms with Gasteiger partial charge < -0.3 is 5.32 Å². The van der Waals surface area contributed by atoms with E-state index < -0.39 is 14.8 Å². The van der Waals surface area contributed by atoms with Gasteiger partial charge in [-0.2, -0.15) is 0 Å².